The van der Waals surface area contributed by atoms with Crippen molar-refractivity contribution < 1.29 is 19.4 Å². The molecule has 0 amide bonds. The predicted molar refractivity (Wildman–Crippen MR) is 150 cm³/mol. The Hall–Kier alpha value is -4.58. The highest BCUT2D eigenvalue weighted by Crippen LogP contribution is 2.43. The summed E-state index contributed by atoms with van der Waals surface area (Å²) >= 11 is 0. The van der Waals surface area contributed by atoms with Crippen LogP contribution >= 0.6 is 0 Å². The number of carboxylic acid groups (broad SMARTS) is 1. The molecular formula is C32H28N2O4. The summed E-state index contributed by atoms with van der Waals surface area (Å²) in [5.74, 6) is -1.22. The van der Waals surface area contributed by atoms with Gasteiger partial charge in [-0.3, -0.25) is 9.59 Å². The molecule has 0 saturated heterocycles. The summed E-state index contributed by atoms with van der Waals surface area (Å²) in [5.41, 5.74) is 4.46. The number of nitrogens with one attached hydrogen (secondary N) is 2. The Morgan fingerprint density at radius 3 is 1.68 bits per heavy atom. The van der Waals surface area contributed by atoms with Gasteiger partial charge in [0.05, 0.1) is 11.0 Å². The summed E-state index contributed by atoms with van der Waals surface area (Å²) in [4.78, 5) is 31.3. The van der Waals surface area contributed by atoms with Crippen LogP contribution in [0.2, 0.25) is 0 Å². The maximum absolute atomic E-state index is 13.3. The van der Waals surface area contributed by atoms with E-state index in [1.807, 2.05) is 67.6 Å². The van der Waals surface area contributed by atoms with Crippen LogP contribution < -0.4 is 0 Å². The van der Waals surface area contributed by atoms with E-state index in [4.69, 9.17) is 9.84 Å². The number of hydrogen-bond acceptors (Lipinski definition) is 3. The van der Waals surface area contributed by atoms with Crippen LogP contribution in [0.3, 0.4) is 0 Å². The first-order valence-corrected chi connectivity index (χ1v) is 12.9. The Morgan fingerprint density at radius 1 is 0.684 bits per heavy atom. The SMILES string of the molecule is CC(OC(=O)CCCCC(=O)O)(c1cccc2c1[nH]c1ccccc12)c1cccc2c1[nH]c1ccccc12. The van der Waals surface area contributed by atoms with Crippen molar-refractivity contribution in [2.45, 2.75) is 38.2 Å². The molecule has 0 fully saturated rings. The zero-order valence-electron chi connectivity index (χ0n) is 21.1. The minimum atomic E-state index is -1.12. The van der Waals surface area contributed by atoms with Crippen molar-refractivity contribution in [2.24, 2.45) is 0 Å². The number of carbonyl (C=O) groups is 2. The van der Waals surface area contributed by atoms with Crippen molar-refractivity contribution in [2.75, 3.05) is 0 Å². The number of fused-ring (bicyclic) bond motifs is 6. The molecule has 0 aliphatic rings. The van der Waals surface area contributed by atoms with Gasteiger partial charge in [-0.25, -0.2) is 0 Å². The van der Waals surface area contributed by atoms with Crippen molar-refractivity contribution in [3.63, 3.8) is 0 Å². The van der Waals surface area contributed by atoms with E-state index < -0.39 is 11.6 Å². The molecule has 0 bridgehead atoms. The van der Waals surface area contributed by atoms with E-state index in [1.54, 1.807) is 0 Å². The van der Waals surface area contributed by atoms with E-state index in [2.05, 4.69) is 34.2 Å². The summed E-state index contributed by atoms with van der Waals surface area (Å²) < 4.78 is 6.40. The van der Waals surface area contributed by atoms with Crippen molar-refractivity contribution in [1.29, 1.82) is 0 Å². The summed E-state index contributed by atoms with van der Waals surface area (Å²) in [6, 6.07) is 28.5. The monoisotopic (exact) mass is 504 g/mol. The minimum Gasteiger partial charge on any atom is -0.481 e. The first-order chi connectivity index (χ1) is 18.5. The molecule has 3 N–H and O–H groups in total. The number of ether oxygens (including phenoxy) is 1. The van der Waals surface area contributed by atoms with Crippen LogP contribution in [0, 0.1) is 0 Å². The van der Waals surface area contributed by atoms with Gasteiger partial charge in [0.25, 0.3) is 0 Å². The van der Waals surface area contributed by atoms with Crippen LogP contribution in [0.1, 0.15) is 43.7 Å². The number of carboxylic acids is 1. The fourth-order valence-electron chi connectivity index (χ4n) is 5.62. The van der Waals surface area contributed by atoms with Crippen molar-refractivity contribution in [3.8, 4) is 0 Å². The van der Waals surface area contributed by atoms with Crippen LogP contribution in [-0.4, -0.2) is 27.0 Å². The first kappa shape index (κ1) is 23.8. The third kappa shape index (κ3) is 3.98. The molecule has 4 aromatic carbocycles. The summed E-state index contributed by atoms with van der Waals surface area (Å²) in [7, 11) is 0. The van der Waals surface area contributed by atoms with Gasteiger partial charge in [-0.15, -0.1) is 0 Å². The zero-order chi connectivity index (χ0) is 26.3. The standard InChI is InChI=1S/C32H28N2O4/c1-32(38-29(37)19-7-6-18-28(35)36,24-14-8-12-22-20-10-2-4-16-26(20)33-30(22)24)25-15-9-13-23-21-11-3-5-17-27(21)34-31(23)25/h2-5,8-17,33-34H,6-7,18-19H2,1H3,(H,35,36). The predicted octanol–water partition coefficient (Wildman–Crippen LogP) is 7.41. The van der Waals surface area contributed by atoms with Gasteiger partial charge in [0, 0.05) is 56.5 Å². The molecule has 6 aromatic rings. The van der Waals surface area contributed by atoms with Crippen molar-refractivity contribution in [3.05, 3.63) is 96.1 Å². The number of hydrogen-bond donors (Lipinski definition) is 3. The van der Waals surface area contributed by atoms with Gasteiger partial charge in [0.2, 0.25) is 0 Å². The summed E-state index contributed by atoms with van der Waals surface area (Å²) in [5, 5.41) is 13.3. The Balaban J connectivity index is 1.53. The zero-order valence-corrected chi connectivity index (χ0v) is 21.1. The third-order valence-electron chi connectivity index (χ3n) is 7.45. The Morgan fingerprint density at radius 2 is 1.16 bits per heavy atom. The Kier molecular flexibility index (Phi) is 5.87. The van der Waals surface area contributed by atoms with E-state index >= 15 is 0 Å². The minimum absolute atomic E-state index is 0.0350. The highest BCUT2D eigenvalue weighted by atomic mass is 16.6. The molecule has 0 spiro atoms. The highest BCUT2D eigenvalue weighted by molar-refractivity contribution is 6.10. The number of benzene rings is 4. The summed E-state index contributed by atoms with van der Waals surface area (Å²) in [6.45, 7) is 1.95. The molecule has 6 rings (SSSR count). The molecule has 38 heavy (non-hydrogen) atoms. The second-order valence-electron chi connectivity index (χ2n) is 9.91. The molecule has 0 saturated carbocycles. The molecule has 0 atom stereocenters. The van der Waals surface area contributed by atoms with Crippen LogP contribution in [0.15, 0.2) is 84.9 Å². The van der Waals surface area contributed by atoms with E-state index in [0.29, 0.717) is 12.8 Å². The fraction of sp³-hybridized carbons (Fsp3) is 0.188. The lowest BCUT2D eigenvalue weighted by Crippen LogP contribution is -2.31. The van der Waals surface area contributed by atoms with Crippen LogP contribution in [0.25, 0.3) is 43.6 Å². The molecule has 0 radical (unpaired) electrons. The van der Waals surface area contributed by atoms with Gasteiger partial charge in [-0.1, -0.05) is 72.8 Å². The van der Waals surface area contributed by atoms with Crippen molar-refractivity contribution >= 4 is 55.6 Å². The lowest BCUT2D eigenvalue weighted by Gasteiger charge is -2.32. The van der Waals surface area contributed by atoms with Gasteiger partial charge in [-0.2, -0.15) is 0 Å². The third-order valence-corrected chi connectivity index (χ3v) is 7.45. The van der Waals surface area contributed by atoms with E-state index in [-0.39, 0.29) is 18.8 Å². The smallest absolute Gasteiger partial charge is 0.307 e. The van der Waals surface area contributed by atoms with E-state index in [0.717, 1.165) is 54.7 Å². The molecule has 0 aliphatic heterocycles. The number of aliphatic carboxylic acids is 1. The van der Waals surface area contributed by atoms with Crippen LogP contribution in [0.4, 0.5) is 0 Å². The normalized spacial score (nSPS) is 12.0. The molecule has 2 heterocycles. The number of para-hydroxylation sites is 4. The lowest BCUT2D eigenvalue weighted by molar-refractivity contribution is -0.155. The second kappa shape index (κ2) is 9.38. The topological polar surface area (TPSA) is 95.2 Å². The summed E-state index contributed by atoms with van der Waals surface area (Å²) in [6.07, 6.45) is 1.06. The van der Waals surface area contributed by atoms with Gasteiger partial charge < -0.3 is 19.8 Å². The number of aromatic amines is 2. The molecule has 0 unspecified atom stereocenters. The Bertz CT molecular complexity index is 1710. The number of carbonyl (C=O) groups excluding carboxylic acids is 1. The largest absolute Gasteiger partial charge is 0.481 e. The maximum Gasteiger partial charge on any atom is 0.307 e. The fourth-order valence-corrected chi connectivity index (χ4v) is 5.62. The van der Waals surface area contributed by atoms with Gasteiger partial charge in [0.1, 0.15) is 0 Å². The number of esters is 1. The van der Waals surface area contributed by atoms with Gasteiger partial charge >= 0.3 is 11.9 Å². The number of rotatable bonds is 8. The van der Waals surface area contributed by atoms with Gasteiger partial charge in [0.15, 0.2) is 5.60 Å². The van der Waals surface area contributed by atoms with Gasteiger partial charge in [-0.05, 0) is 31.9 Å². The molecule has 6 heteroatoms. The highest BCUT2D eigenvalue weighted by Gasteiger charge is 2.37. The number of H-pyrrole nitrogens is 2. The van der Waals surface area contributed by atoms with Crippen LogP contribution in [0.5, 0.6) is 0 Å². The second-order valence-corrected chi connectivity index (χ2v) is 9.91. The molecular weight excluding hydrogens is 476 g/mol. The maximum atomic E-state index is 13.3. The van der Waals surface area contributed by atoms with Crippen LogP contribution in [-0.2, 0) is 19.9 Å². The molecule has 2 aromatic heterocycles. The molecule has 6 nitrogen and oxygen atoms in total. The van der Waals surface area contributed by atoms with E-state index in [9.17, 15) is 9.59 Å². The number of unbranched alkanes of at least 4 members (excludes halogenated alkanes) is 1. The molecule has 190 valence electrons. The number of aromatic nitrogens is 2. The average Bonchev–Trinajstić information content (AvgIpc) is 3.49. The first-order valence-electron chi connectivity index (χ1n) is 12.9. The van der Waals surface area contributed by atoms with E-state index in [1.165, 1.54) is 0 Å². The Labute approximate surface area is 219 Å². The lowest BCUT2D eigenvalue weighted by atomic mass is 9.85. The molecule has 0 aliphatic carbocycles. The quantitative estimate of drug-likeness (QED) is 0.149. The van der Waals surface area contributed by atoms with Crippen molar-refractivity contribution in [1.82, 2.24) is 9.97 Å². The average molecular weight is 505 g/mol.